The molecule has 1 aliphatic rings. The molecule has 4 amide bonds. The van der Waals surface area contributed by atoms with Gasteiger partial charge < -0.3 is 0 Å². The SMILES string of the molecule is CCONC(C)=C1C(=O)NC(=O)[N+](C)(C)C1=O. The quantitative estimate of drug-likeness (QED) is 0.306. The van der Waals surface area contributed by atoms with Gasteiger partial charge in [-0.1, -0.05) is 0 Å². The van der Waals surface area contributed by atoms with Crippen LogP contribution in [0.3, 0.4) is 0 Å². The monoisotopic (exact) mass is 242 g/mol. The van der Waals surface area contributed by atoms with Crippen LogP contribution < -0.4 is 10.8 Å². The Morgan fingerprint density at radius 3 is 2.47 bits per heavy atom. The van der Waals surface area contributed by atoms with Crippen LogP contribution in [0.4, 0.5) is 4.79 Å². The molecule has 0 unspecified atom stereocenters. The fourth-order valence-corrected chi connectivity index (χ4v) is 1.33. The Labute approximate surface area is 98.9 Å². The molecule has 0 aromatic rings. The van der Waals surface area contributed by atoms with Crippen molar-refractivity contribution in [3.8, 4) is 0 Å². The van der Waals surface area contributed by atoms with Crippen molar-refractivity contribution in [2.45, 2.75) is 13.8 Å². The average molecular weight is 242 g/mol. The highest BCUT2D eigenvalue weighted by molar-refractivity contribution is 6.24. The molecule has 1 aliphatic heterocycles. The molecule has 0 atom stereocenters. The number of barbiturate groups is 1. The first-order valence-electron chi connectivity index (χ1n) is 5.15. The van der Waals surface area contributed by atoms with E-state index in [-0.39, 0.29) is 11.3 Å². The number of carbonyl (C=O) groups is 3. The van der Waals surface area contributed by atoms with Crippen LogP contribution in [0, 0.1) is 0 Å². The number of nitrogens with one attached hydrogen (secondary N) is 2. The molecule has 0 aliphatic carbocycles. The van der Waals surface area contributed by atoms with Gasteiger partial charge >= 0.3 is 11.9 Å². The third kappa shape index (κ3) is 2.34. The number of quaternary nitrogens is 1. The molecule has 0 saturated carbocycles. The van der Waals surface area contributed by atoms with Crippen LogP contribution in [-0.4, -0.2) is 43.0 Å². The lowest BCUT2D eigenvalue weighted by Gasteiger charge is -2.28. The highest BCUT2D eigenvalue weighted by Gasteiger charge is 2.47. The molecule has 1 saturated heterocycles. The van der Waals surface area contributed by atoms with Crippen molar-refractivity contribution < 1.29 is 23.7 Å². The second kappa shape index (κ2) is 4.64. The summed E-state index contributed by atoms with van der Waals surface area (Å²) in [6.07, 6.45) is 0. The number of imide groups is 2. The van der Waals surface area contributed by atoms with E-state index in [1.165, 1.54) is 21.0 Å². The van der Waals surface area contributed by atoms with Gasteiger partial charge in [0.25, 0.3) is 5.91 Å². The molecule has 0 bridgehead atoms. The summed E-state index contributed by atoms with van der Waals surface area (Å²) < 4.78 is -0.549. The van der Waals surface area contributed by atoms with Gasteiger partial charge in [0.15, 0.2) is 5.57 Å². The molecule has 2 N–H and O–H groups in total. The van der Waals surface area contributed by atoms with Gasteiger partial charge in [-0.25, -0.2) is 14.9 Å². The summed E-state index contributed by atoms with van der Waals surface area (Å²) in [6, 6.07) is -0.645. The molecule has 0 spiro atoms. The molecule has 94 valence electrons. The van der Waals surface area contributed by atoms with E-state index in [1.807, 2.05) is 0 Å². The first kappa shape index (κ1) is 13.3. The largest absolute Gasteiger partial charge is 0.430 e. The maximum absolute atomic E-state index is 12.0. The van der Waals surface area contributed by atoms with Crippen LogP contribution in [0.15, 0.2) is 11.3 Å². The van der Waals surface area contributed by atoms with Gasteiger partial charge in [0, 0.05) is 0 Å². The minimum Gasteiger partial charge on any atom is -0.277 e. The Bertz CT molecular complexity index is 412. The Morgan fingerprint density at radius 2 is 1.94 bits per heavy atom. The molecular formula is C10H16N3O4+. The number of likely N-dealkylation sites (N-methyl/N-ethyl adjacent to an activating group) is 1. The molecule has 1 fully saturated rings. The summed E-state index contributed by atoms with van der Waals surface area (Å²) in [6.45, 7) is 3.69. The zero-order valence-electron chi connectivity index (χ0n) is 10.3. The first-order chi connectivity index (χ1) is 7.82. The maximum atomic E-state index is 12.0. The van der Waals surface area contributed by atoms with Crippen molar-refractivity contribution >= 4 is 17.8 Å². The number of nitrogens with zero attached hydrogens (tertiary/aromatic N) is 1. The highest BCUT2D eigenvalue weighted by atomic mass is 16.6. The molecule has 0 radical (unpaired) electrons. The lowest BCUT2D eigenvalue weighted by molar-refractivity contribution is -0.727. The van der Waals surface area contributed by atoms with Crippen LogP contribution >= 0.6 is 0 Å². The number of hydroxylamine groups is 1. The number of carbonyl (C=O) groups excluding carboxylic acids is 3. The van der Waals surface area contributed by atoms with Crippen molar-refractivity contribution in [2.24, 2.45) is 0 Å². The van der Waals surface area contributed by atoms with Gasteiger partial charge in [-0.2, -0.15) is 4.48 Å². The second-order valence-electron chi connectivity index (χ2n) is 4.05. The van der Waals surface area contributed by atoms with E-state index in [9.17, 15) is 14.4 Å². The molecule has 0 aromatic carbocycles. The van der Waals surface area contributed by atoms with Crippen LogP contribution in [-0.2, 0) is 14.4 Å². The molecule has 1 heterocycles. The van der Waals surface area contributed by atoms with Crippen molar-refractivity contribution in [3.63, 3.8) is 0 Å². The number of hydrogen-bond donors (Lipinski definition) is 2. The summed E-state index contributed by atoms with van der Waals surface area (Å²) in [5.74, 6) is -1.27. The molecular weight excluding hydrogens is 226 g/mol. The fourth-order valence-electron chi connectivity index (χ4n) is 1.33. The topological polar surface area (TPSA) is 84.5 Å². The predicted molar refractivity (Wildman–Crippen MR) is 58.1 cm³/mol. The van der Waals surface area contributed by atoms with E-state index in [1.54, 1.807) is 6.92 Å². The summed E-state index contributed by atoms with van der Waals surface area (Å²) in [4.78, 5) is 40.0. The summed E-state index contributed by atoms with van der Waals surface area (Å²) in [5.41, 5.74) is 2.68. The molecule has 17 heavy (non-hydrogen) atoms. The minimum atomic E-state index is -0.706. The number of amides is 4. The third-order valence-electron chi connectivity index (χ3n) is 2.42. The summed E-state index contributed by atoms with van der Waals surface area (Å²) in [5, 5.41) is 2.13. The Morgan fingerprint density at radius 1 is 1.35 bits per heavy atom. The smallest absolute Gasteiger partial charge is 0.277 e. The third-order valence-corrected chi connectivity index (χ3v) is 2.42. The van der Waals surface area contributed by atoms with E-state index in [2.05, 4.69) is 10.8 Å². The summed E-state index contributed by atoms with van der Waals surface area (Å²) in [7, 11) is 2.83. The average Bonchev–Trinajstić information content (AvgIpc) is 2.24. The zero-order chi connectivity index (χ0) is 13.2. The normalized spacial score (nSPS) is 22.2. The van der Waals surface area contributed by atoms with Crippen LogP contribution in [0.2, 0.25) is 0 Å². The minimum absolute atomic E-state index is 0.0944. The number of hydrogen-bond acceptors (Lipinski definition) is 5. The molecule has 7 nitrogen and oxygen atoms in total. The van der Waals surface area contributed by atoms with Gasteiger partial charge in [-0.15, -0.1) is 0 Å². The standard InChI is InChI=1S/C10H15N3O4/c1-5-17-12-6(2)7-8(14)11-10(16)13(3,4)9(7)15/h5H2,1-4H3,(H-,11,12,14,15,16)/p+1. The Kier molecular flexibility index (Phi) is 3.64. The van der Waals surface area contributed by atoms with Gasteiger partial charge in [0.05, 0.1) is 26.4 Å². The second-order valence-corrected chi connectivity index (χ2v) is 4.05. The summed E-state index contributed by atoms with van der Waals surface area (Å²) >= 11 is 0. The van der Waals surface area contributed by atoms with Crippen LogP contribution in [0.5, 0.6) is 0 Å². The Balaban J connectivity index is 3.11. The lowest BCUT2D eigenvalue weighted by Crippen LogP contribution is -2.63. The lowest BCUT2D eigenvalue weighted by atomic mass is 10.1. The number of urea groups is 1. The number of allylic oxidation sites excluding steroid dienone is 1. The van der Waals surface area contributed by atoms with E-state index < -0.39 is 22.3 Å². The highest BCUT2D eigenvalue weighted by Crippen LogP contribution is 2.16. The van der Waals surface area contributed by atoms with Gasteiger partial charge in [0.2, 0.25) is 0 Å². The van der Waals surface area contributed by atoms with Crippen molar-refractivity contribution in [1.29, 1.82) is 0 Å². The van der Waals surface area contributed by atoms with Gasteiger partial charge in [-0.3, -0.25) is 15.1 Å². The molecule has 0 aromatic heterocycles. The maximum Gasteiger partial charge on any atom is 0.430 e. The van der Waals surface area contributed by atoms with Gasteiger partial charge in [-0.05, 0) is 13.8 Å². The first-order valence-corrected chi connectivity index (χ1v) is 5.15. The number of rotatable bonds is 3. The van der Waals surface area contributed by atoms with Crippen molar-refractivity contribution in [3.05, 3.63) is 11.3 Å². The zero-order valence-corrected chi connectivity index (χ0v) is 10.3. The van der Waals surface area contributed by atoms with E-state index in [0.29, 0.717) is 6.61 Å². The van der Waals surface area contributed by atoms with Gasteiger partial charge in [0.1, 0.15) is 0 Å². The van der Waals surface area contributed by atoms with E-state index in [0.717, 1.165) is 0 Å². The fraction of sp³-hybridized carbons (Fsp3) is 0.500. The van der Waals surface area contributed by atoms with E-state index in [4.69, 9.17) is 4.84 Å². The predicted octanol–water partition coefficient (Wildman–Crippen LogP) is -0.346. The van der Waals surface area contributed by atoms with Crippen molar-refractivity contribution in [2.75, 3.05) is 20.7 Å². The van der Waals surface area contributed by atoms with Crippen LogP contribution in [0.25, 0.3) is 0 Å². The molecule has 1 rings (SSSR count). The molecule has 7 heteroatoms. The van der Waals surface area contributed by atoms with Crippen LogP contribution in [0.1, 0.15) is 13.8 Å². The van der Waals surface area contributed by atoms with Crippen molar-refractivity contribution in [1.82, 2.24) is 10.8 Å². The van der Waals surface area contributed by atoms with E-state index >= 15 is 0 Å². The Hall–Kier alpha value is -1.73.